The molecule has 1 aliphatic carbocycles. The Kier molecular flexibility index (Phi) is 2.87. The molecule has 0 heterocycles. The van der Waals surface area contributed by atoms with Crippen molar-refractivity contribution in [1.82, 2.24) is 0 Å². The topological polar surface area (TPSA) is 0 Å². The zero-order valence-electron chi connectivity index (χ0n) is 8.07. The highest BCUT2D eigenvalue weighted by Gasteiger charge is 2.21. The van der Waals surface area contributed by atoms with Crippen LogP contribution in [0.1, 0.15) is 24.0 Å². The van der Waals surface area contributed by atoms with Gasteiger partial charge in [0.15, 0.2) is 0 Å². The number of rotatable bonds is 2. The zero-order chi connectivity index (χ0) is 9.97. The summed E-state index contributed by atoms with van der Waals surface area (Å²) in [6, 6.07) is 9.46. The summed E-state index contributed by atoms with van der Waals surface area (Å²) in [5.74, 6) is 0.433. The van der Waals surface area contributed by atoms with Gasteiger partial charge in [-0.15, -0.1) is 0 Å². The van der Waals surface area contributed by atoms with E-state index in [1.54, 1.807) is 0 Å². The van der Waals surface area contributed by atoms with Gasteiger partial charge in [-0.25, -0.2) is 0 Å². The molecule has 0 bridgehead atoms. The lowest BCUT2D eigenvalue weighted by atomic mass is 9.97. The van der Waals surface area contributed by atoms with Crippen LogP contribution in [0.5, 0.6) is 0 Å². The molecule has 0 aromatic heterocycles. The van der Waals surface area contributed by atoms with Gasteiger partial charge in [0.05, 0.1) is 0 Å². The molecule has 1 aliphatic rings. The molecule has 1 aromatic carbocycles. The molecule has 71 valence electrons. The molecule has 2 rings (SSSR count). The van der Waals surface area contributed by atoms with E-state index in [2.05, 4.69) is 52.4 Å². The maximum Gasteiger partial charge on any atom is 0.0429 e. The van der Waals surface area contributed by atoms with Crippen LogP contribution in [0, 0.1) is 6.07 Å². The highest BCUT2D eigenvalue weighted by molar-refractivity contribution is 9.09. The Morgan fingerprint density at radius 1 is 1.57 bits per heavy atom. The van der Waals surface area contributed by atoms with Crippen molar-refractivity contribution >= 4 is 22.0 Å². The van der Waals surface area contributed by atoms with Gasteiger partial charge in [0.25, 0.3) is 0 Å². The molecule has 0 fully saturated rings. The molecule has 2 unspecified atom stereocenters. The average Bonchev–Trinajstić information content (AvgIpc) is 2.61. The molecular formula is C13H12Br. The summed E-state index contributed by atoms with van der Waals surface area (Å²) in [5, 5.41) is 0. The Hall–Kier alpha value is -0.820. The first-order valence-corrected chi connectivity index (χ1v) is 5.70. The molecule has 0 nitrogen and oxygen atoms in total. The first-order valence-electron chi connectivity index (χ1n) is 4.78. The molecule has 0 saturated carbocycles. The zero-order valence-corrected chi connectivity index (χ0v) is 9.66. The predicted octanol–water partition coefficient (Wildman–Crippen LogP) is 3.94. The van der Waals surface area contributed by atoms with E-state index in [0.717, 1.165) is 0 Å². The quantitative estimate of drug-likeness (QED) is 0.549. The van der Waals surface area contributed by atoms with Crippen LogP contribution in [0.2, 0.25) is 0 Å². The van der Waals surface area contributed by atoms with Gasteiger partial charge in [-0.3, -0.25) is 0 Å². The molecule has 14 heavy (non-hydrogen) atoms. The molecule has 1 aromatic rings. The van der Waals surface area contributed by atoms with Gasteiger partial charge in [0, 0.05) is 10.7 Å². The predicted molar refractivity (Wildman–Crippen MR) is 64.6 cm³/mol. The number of halogens is 1. The number of alkyl halides is 1. The van der Waals surface area contributed by atoms with Crippen molar-refractivity contribution in [3.8, 4) is 0 Å². The van der Waals surface area contributed by atoms with Crippen LogP contribution in [0.3, 0.4) is 0 Å². The minimum absolute atomic E-state index is 0.378. The third-order valence-electron chi connectivity index (χ3n) is 2.46. The van der Waals surface area contributed by atoms with Crippen molar-refractivity contribution in [1.29, 1.82) is 0 Å². The highest BCUT2D eigenvalue weighted by atomic mass is 79.9. The van der Waals surface area contributed by atoms with Crippen LogP contribution in [-0.4, -0.2) is 4.83 Å². The van der Waals surface area contributed by atoms with Crippen LogP contribution in [0.15, 0.2) is 36.4 Å². The van der Waals surface area contributed by atoms with Gasteiger partial charge >= 0.3 is 0 Å². The second kappa shape index (κ2) is 4.14. The summed E-state index contributed by atoms with van der Waals surface area (Å²) in [6.45, 7) is 2.04. The molecule has 1 heteroatoms. The second-order valence-corrected chi connectivity index (χ2v) is 4.45. The van der Waals surface area contributed by atoms with E-state index in [9.17, 15) is 0 Å². The van der Waals surface area contributed by atoms with Crippen molar-refractivity contribution in [3.63, 3.8) is 0 Å². The van der Waals surface area contributed by atoms with Crippen LogP contribution >= 0.6 is 15.9 Å². The third-order valence-corrected chi connectivity index (χ3v) is 3.33. The van der Waals surface area contributed by atoms with Gasteiger partial charge < -0.3 is 0 Å². The Labute approximate surface area is 93.5 Å². The minimum atomic E-state index is 0.378. The maximum absolute atomic E-state index is 3.68. The van der Waals surface area contributed by atoms with Crippen LogP contribution < -0.4 is 0 Å². The van der Waals surface area contributed by atoms with Crippen molar-refractivity contribution in [2.45, 2.75) is 17.7 Å². The molecule has 2 atom stereocenters. The first-order chi connectivity index (χ1) is 6.83. The fraction of sp³-hybridized carbons (Fsp3) is 0.231. The lowest BCUT2D eigenvalue weighted by Gasteiger charge is -2.13. The normalized spacial score (nSPS) is 21.4. The summed E-state index contributed by atoms with van der Waals surface area (Å²) >= 11 is 3.68. The number of allylic oxidation sites excluding steroid dienone is 3. The van der Waals surface area contributed by atoms with E-state index < -0.39 is 0 Å². The number of hydrogen-bond donors (Lipinski definition) is 0. The molecular weight excluding hydrogens is 236 g/mol. The summed E-state index contributed by atoms with van der Waals surface area (Å²) < 4.78 is 0. The third kappa shape index (κ3) is 1.69. The van der Waals surface area contributed by atoms with E-state index in [0.29, 0.717) is 10.7 Å². The van der Waals surface area contributed by atoms with E-state index in [4.69, 9.17) is 0 Å². The standard InChI is InChI=1S/C13H12Br/c1-2-5-13(14)12-9-8-10-6-3-4-7-11(10)12/h2-6,8-9,12-13H,1H3/b5-2+. The number of fused-ring (bicyclic) bond motifs is 1. The van der Waals surface area contributed by atoms with Crippen molar-refractivity contribution in [2.24, 2.45) is 0 Å². The largest absolute Gasteiger partial charge is 0.0905 e. The highest BCUT2D eigenvalue weighted by Crippen LogP contribution is 2.35. The number of hydrogen-bond acceptors (Lipinski definition) is 0. The monoisotopic (exact) mass is 247 g/mol. The van der Waals surface area contributed by atoms with Gasteiger partial charge in [-0.2, -0.15) is 0 Å². The lowest BCUT2D eigenvalue weighted by molar-refractivity contribution is 0.906. The van der Waals surface area contributed by atoms with Gasteiger partial charge in [0.1, 0.15) is 0 Å². The first kappa shape index (κ1) is 9.72. The average molecular weight is 248 g/mol. The van der Waals surface area contributed by atoms with E-state index in [-0.39, 0.29) is 0 Å². The minimum Gasteiger partial charge on any atom is -0.0905 e. The van der Waals surface area contributed by atoms with Gasteiger partial charge in [-0.05, 0) is 24.1 Å². The summed E-state index contributed by atoms with van der Waals surface area (Å²) in [4.78, 5) is 0.378. The Morgan fingerprint density at radius 2 is 2.43 bits per heavy atom. The molecule has 0 amide bonds. The summed E-state index contributed by atoms with van der Waals surface area (Å²) in [5.41, 5.74) is 2.60. The molecule has 1 radical (unpaired) electrons. The van der Waals surface area contributed by atoms with Crippen molar-refractivity contribution in [2.75, 3.05) is 0 Å². The fourth-order valence-corrected chi connectivity index (χ4v) is 2.52. The summed E-state index contributed by atoms with van der Waals surface area (Å²) in [7, 11) is 0. The van der Waals surface area contributed by atoms with E-state index in [1.807, 2.05) is 19.1 Å². The van der Waals surface area contributed by atoms with Crippen molar-refractivity contribution in [3.05, 3.63) is 53.6 Å². The van der Waals surface area contributed by atoms with Crippen molar-refractivity contribution < 1.29 is 0 Å². The Balaban J connectivity index is 2.30. The molecule has 0 spiro atoms. The number of benzene rings is 1. The summed E-state index contributed by atoms with van der Waals surface area (Å²) in [6.07, 6.45) is 8.66. The van der Waals surface area contributed by atoms with Crippen LogP contribution in [-0.2, 0) is 0 Å². The second-order valence-electron chi connectivity index (χ2n) is 3.39. The fourth-order valence-electron chi connectivity index (χ4n) is 1.77. The smallest absolute Gasteiger partial charge is 0.0429 e. The molecule has 0 N–H and O–H groups in total. The van der Waals surface area contributed by atoms with Gasteiger partial charge in [0.2, 0.25) is 0 Å². The van der Waals surface area contributed by atoms with Crippen LogP contribution in [0.4, 0.5) is 0 Å². The lowest BCUT2D eigenvalue weighted by Crippen LogP contribution is -2.05. The van der Waals surface area contributed by atoms with Crippen LogP contribution in [0.25, 0.3) is 6.08 Å². The van der Waals surface area contributed by atoms with Gasteiger partial charge in [-0.1, -0.05) is 58.4 Å². The molecule has 0 aliphatic heterocycles. The SMILES string of the molecule is C/C=C/C(Br)C1C=Cc2ccc[c]c21. The molecule has 0 saturated heterocycles. The Morgan fingerprint density at radius 3 is 3.21 bits per heavy atom. The maximum atomic E-state index is 3.68. The van der Waals surface area contributed by atoms with E-state index in [1.165, 1.54) is 11.1 Å². The Bertz CT molecular complexity index is 377. The van der Waals surface area contributed by atoms with E-state index >= 15 is 0 Å².